The molecule has 0 spiro atoms. The first-order chi connectivity index (χ1) is 8.18. The molecule has 1 aliphatic carbocycles. The van der Waals surface area contributed by atoms with E-state index in [1.165, 1.54) is 12.8 Å². The topological polar surface area (TPSA) is 46.3 Å². The summed E-state index contributed by atoms with van der Waals surface area (Å²) in [6.07, 6.45) is 3.77. The lowest BCUT2D eigenvalue weighted by molar-refractivity contribution is -0.131. The number of nitrogens with zero attached hydrogens (tertiary/aromatic N) is 1. The molecule has 0 bridgehead atoms. The molecule has 1 aromatic carbocycles. The lowest BCUT2D eigenvalue weighted by Crippen LogP contribution is -2.36. The van der Waals surface area contributed by atoms with Gasteiger partial charge < -0.3 is 10.6 Å². The summed E-state index contributed by atoms with van der Waals surface area (Å²) in [5.41, 5.74) is 6.86. The van der Waals surface area contributed by atoms with Crippen molar-refractivity contribution in [1.82, 2.24) is 4.90 Å². The minimum Gasteiger partial charge on any atom is -0.344 e. The van der Waals surface area contributed by atoms with Gasteiger partial charge in [-0.2, -0.15) is 0 Å². The Morgan fingerprint density at radius 3 is 2.65 bits per heavy atom. The molecule has 2 N–H and O–H groups in total. The number of hydrogen-bond donors (Lipinski definition) is 1. The number of carbonyl (C=O) groups excluding carboxylic acids is 1. The fourth-order valence-electron chi connectivity index (χ4n) is 1.93. The van der Waals surface area contributed by atoms with Crippen molar-refractivity contribution >= 4 is 5.91 Å². The Balaban J connectivity index is 1.89. The lowest BCUT2D eigenvalue weighted by Gasteiger charge is -2.21. The highest BCUT2D eigenvalue weighted by molar-refractivity contribution is 5.82. The minimum absolute atomic E-state index is 0.0110. The summed E-state index contributed by atoms with van der Waals surface area (Å²) < 4.78 is 0. The molecule has 1 fully saturated rings. The van der Waals surface area contributed by atoms with Crippen molar-refractivity contribution in [1.29, 1.82) is 0 Å². The molecule has 0 radical (unpaired) electrons. The van der Waals surface area contributed by atoms with Gasteiger partial charge in [-0.25, -0.2) is 0 Å². The molecule has 1 aromatic rings. The monoisotopic (exact) mass is 232 g/mol. The second kappa shape index (κ2) is 5.32. The molecular formula is C14H20N2O. The molecule has 2 rings (SSSR count). The number of amides is 1. The van der Waals surface area contributed by atoms with Crippen LogP contribution in [-0.4, -0.2) is 24.4 Å². The third-order valence-corrected chi connectivity index (χ3v) is 3.37. The van der Waals surface area contributed by atoms with E-state index in [2.05, 4.69) is 0 Å². The predicted molar refractivity (Wildman–Crippen MR) is 68.3 cm³/mol. The van der Waals surface area contributed by atoms with Gasteiger partial charge in [0.05, 0.1) is 0 Å². The molecule has 1 saturated carbocycles. The van der Waals surface area contributed by atoms with Crippen molar-refractivity contribution in [3.8, 4) is 0 Å². The molecule has 1 aliphatic rings. The minimum atomic E-state index is -0.527. The van der Waals surface area contributed by atoms with E-state index in [1.54, 1.807) is 4.90 Å². The number of likely N-dealkylation sites (N-methyl/N-ethyl adjacent to an activating group) is 1. The molecule has 92 valence electrons. The van der Waals surface area contributed by atoms with Crippen molar-refractivity contribution < 1.29 is 4.79 Å². The SMILES string of the molecule is CN(CCC1CC1)C(=O)[C@@H](N)c1ccccc1. The zero-order chi connectivity index (χ0) is 12.3. The summed E-state index contributed by atoms with van der Waals surface area (Å²) >= 11 is 0. The molecule has 1 atom stereocenters. The smallest absolute Gasteiger partial charge is 0.243 e. The normalized spacial score (nSPS) is 16.6. The lowest BCUT2D eigenvalue weighted by atomic mass is 10.1. The van der Waals surface area contributed by atoms with Gasteiger partial charge in [-0.15, -0.1) is 0 Å². The molecule has 0 heterocycles. The third-order valence-electron chi connectivity index (χ3n) is 3.37. The molecule has 1 amide bonds. The zero-order valence-corrected chi connectivity index (χ0v) is 10.3. The fraction of sp³-hybridized carbons (Fsp3) is 0.500. The Morgan fingerprint density at radius 1 is 1.41 bits per heavy atom. The quantitative estimate of drug-likeness (QED) is 0.843. The van der Waals surface area contributed by atoms with E-state index in [1.807, 2.05) is 37.4 Å². The van der Waals surface area contributed by atoms with E-state index in [0.717, 1.165) is 24.4 Å². The van der Waals surface area contributed by atoms with Crippen LogP contribution in [0.4, 0.5) is 0 Å². The number of hydrogen-bond acceptors (Lipinski definition) is 2. The van der Waals surface area contributed by atoms with Crippen molar-refractivity contribution in [3.05, 3.63) is 35.9 Å². The number of carbonyl (C=O) groups is 1. The van der Waals surface area contributed by atoms with Crippen LogP contribution in [0.15, 0.2) is 30.3 Å². The van der Waals surface area contributed by atoms with Gasteiger partial charge in [0.25, 0.3) is 0 Å². The molecule has 0 aliphatic heterocycles. The second-order valence-electron chi connectivity index (χ2n) is 4.88. The van der Waals surface area contributed by atoms with Gasteiger partial charge in [0.2, 0.25) is 5.91 Å². The van der Waals surface area contributed by atoms with Gasteiger partial charge in [-0.1, -0.05) is 43.2 Å². The largest absolute Gasteiger partial charge is 0.344 e. The van der Waals surface area contributed by atoms with E-state index in [0.29, 0.717) is 0 Å². The third kappa shape index (κ3) is 3.30. The van der Waals surface area contributed by atoms with Crippen LogP contribution in [0.3, 0.4) is 0 Å². The van der Waals surface area contributed by atoms with Gasteiger partial charge in [0.15, 0.2) is 0 Å². The molecule has 17 heavy (non-hydrogen) atoms. The maximum Gasteiger partial charge on any atom is 0.243 e. The zero-order valence-electron chi connectivity index (χ0n) is 10.3. The highest BCUT2D eigenvalue weighted by atomic mass is 16.2. The number of benzene rings is 1. The first-order valence-electron chi connectivity index (χ1n) is 6.24. The maximum absolute atomic E-state index is 12.1. The standard InChI is InChI=1S/C14H20N2O/c1-16(10-9-11-7-8-11)14(17)13(15)12-5-3-2-4-6-12/h2-6,11,13H,7-10,15H2,1H3/t13-/m0/s1. The van der Waals surface area contributed by atoms with E-state index in [-0.39, 0.29) is 5.91 Å². The summed E-state index contributed by atoms with van der Waals surface area (Å²) in [7, 11) is 1.84. The van der Waals surface area contributed by atoms with Crippen LogP contribution in [-0.2, 0) is 4.79 Å². The van der Waals surface area contributed by atoms with Crippen LogP contribution in [0.5, 0.6) is 0 Å². The van der Waals surface area contributed by atoms with E-state index < -0.39 is 6.04 Å². The average Bonchev–Trinajstić information content (AvgIpc) is 3.19. The van der Waals surface area contributed by atoms with Crippen LogP contribution in [0, 0.1) is 5.92 Å². The molecule has 0 unspecified atom stereocenters. The van der Waals surface area contributed by atoms with Crippen LogP contribution < -0.4 is 5.73 Å². The van der Waals surface area contributed by atoms with E-state index in [4.69, 9.17) is 5.73 Å². The number of rotatable bonds is 5. The van der Waals surface area contributed by atoms with Crippen molar-refractivity contribution in [2.24, 2.45) is 11.7 Å². The Labute approximate surface area is 103 Å². The predicted octanol–water partition coefficient (Wildman–Crippen LogP) is 1.94. The van der Waals surface area contributed by atoms with Crippen molar-refractivity contribution in [2.75, 3.05) is 13.6 Å². The van der Waals surface area contributed by atoms with Crippen LogP contribution >= 0.6 is 0 Å². The van der Waals surface area contributed by atoms with Gasteiger partial charge >= 0.3 is 0 Å². The van der Waals surface area contributed by atoms with Crippen LogP contribution in [0.1, 0.15) is 30.9 Å². The first kappa shape index (κ1) is 12.1. The Morgan fingerprint density at radius 2 is 2.06 bits per heavy atom. The summed E-state index contributed by atoms with van der Waals surface area (Å²) in [4.78, 5) is 13.8. The Kier molecular flexibility index (Phi) is 3.79. The maximum atomic E-state index is 12.1. The van der Waals surface area contributed by atoms with Gasteiger partial charge in [-0.05, 0) is 17.9 Å². The Bertz CT molecular complexity index is 373. The Hall–Kier alpha value is -1.35. The summed E-state index contributed by atoms with van der Waals surface area (Å²) in [6.45, 7) is 0.823. The number of nitrogens with two attached hydrogens (primary N) is 1. The van der Waals surface area contributed by atoms with Gasteiger partial charge in [0.1, 0.15) is 6.04 Å². The molecular weight excluding hydrogens is 212 g/mol. The van der Waals surface area contributed by atoms with Gasteiger partial charge in [0, 0.05) is 13.6 Å². The summed E-state index contributed by atoms with van der Waals surface area (Å²) in [6, 6.07) is 9.02. The van der Waals surface area contributed by atoms with Gasteiger partial charge in [-0.3, -0.25) is 4.79 Å². The molecule has 3 nitrogen and oxygen atoms in total. The van der Waals surface area contributed by atoms with E-state index >= 15 is 0 Å². The molecule has 3 heteroatoms. The summed E-state index contributed by atoms with van der Waals surface area (Å²) in [5, 5.41) is 0. The van der Waals surface area contributed by atoms with Crippen molar-refractivity contribution in [3.63, 3.8) is 0 Å². The van der Waals surface area contributed by atoms with E-state index in [9.17, 15) is 4.79 Å². The second-order valence-corrected chi connectivity index (χ2v) is 4.88. The summed E-state index contributed by atoms with van der Waals surface area (Å²) in [5.74, 6) is 0.857. The highest BCUT2D eigenvalue weighted by Gasteiger charge is 2.24. The van der Waals surface area contributed by atoms with Crippen molar-refractivity contribution in [2.45, 2.75) is 25.3 Å². The molecule has 0 aromatic heterocycles. The highest BCUT2D eigenvalue weighted by Crippen LogP contribution is 2.32. The average molecular weight is 232 g/mol. The van der Waals surface area contributed by atoms with Crippen LogP contribution in [0.2, 0.25) is 0 Å². The first-order valence-corrected chi connectivity index (χ1v) is 6.24. The molecule has 0 saturated heterocycles. The fourth-order valence-corrected chi connectivity index (χ4v) is 1.93. The van der Waals surface area contributed by atoms with Crippen LogP contribution in [0.25, 0.3) is 0 Å².